The standard InChI is InChI=1S/C19H23FOS/c1-19(2,17-6-4-3-5-7-17)15-22-14-16-8-10-18(11-9-16)21-13-12-20/h3-11H,12-15H2,1-2H3. The number of thioether (sulfide) groups is 1. The molecule has 0 saturated heterocycles. The highest BCUT2D eigenvalue weighted by molar-refractivity contribution is 7.98. The minimum Gasteiger partial charge on any atom is -0.491 e. The Hall–Kier alpha value is -1.48. The minimum absolute atomic E-state index is 0.124. The van der Waals surface area contributed by atoms with E-state index in [0.29, 0.717) is 0 Å². The number of hydrogen-bond acceptors (Lipinski definition) is 2. The third kappa shape index (κ3) is 5.06. The summed E-state index contributed by atoms with van der Waals surface area (Å²) in [6, 6.07) is 18.6. The number of ether oxygens (including phenoxy) is 1. The molecule has 0 aliphatic carbocycles. The SMILES string of the molecule is CC(C)(CSCc1ccc(OCCF)cc1)c1ccccc1. The Morgan fingerprint density at radius 3 is 2.32 bits per heavy atom. The van der Waals surface area contributed by atoms with Gasteiger partial charge in [0.1, 0.15) is 19.0 Å². The molecule has 22 heavy (non-hydrogen) atoms. The van der Waals surface area contributed by atoms with Gasteiger partial charge in [-0.25, -0.2) is 4.39 Å². The van der Waals surface area contributed by atoms with E-state index in [1.807, 2.05) is 23.9 Å². The van der Waals surface area contributed by atoms with Crippen LogP contribution in [-0.2, 0) is 11.2 Å². The van der Waals surface area contributed by atoms with Crippen molar-refractivity contribution in [1.82, 2.24) is 0 Å². The van der Waals surface area contributed by atoms with Crippen LogP contribution in [0.5, 0.6) is 5.75 Å². The molecule has 2 rings (SSSR count). The molecule has 118 valence electrons. The quantitative estimate of drug-likeness (QED) is 0.658. The summed E-state index contributed by atoms with van der Waals surface area (Å²) in [4.78, 5) is 0. The topological polar surface area (TPSA) is 9.23 Å². The number of halogens is 1. The largest absolute Gasteiger partial charge is 0.491 e. The maximum absolute atomic E-state index is 12.0. The lowest BCUT2D eigenvalue weighted by Gasteiger charge is -2.24. The summed E-state index contributed by atoms with van der Waals surface area (Å²) in [5.41, 5.74) is 2.80. The molecule has 0 heterocycles. The number of hydrogen-bond donors (Lipinski definition) is 0. The van der Waals surface area contributed by atoms with Crippen molar-refractivity contribution < 1.29 is 9.13 Å². The van der Waals surface area contributed by atoms with Gasteiger partial charge in [-0.2, -0.15) is 11.8 Å². The molecule has 0 atom stereocenters. The summed E-state index contributed by atoms with van der Waals surface area (Å²) in [5.74, 6) is 2.77. The van der Waals surface area contributed by atoms with Gasteiger partial charge in [-0.1, -0.05) is 56.3 Å². The molecule has 0 N–H and O–H groups in total. The highest BCUT2D eigenvalue weighted by Gasteiger charge is 2.19. The highest BCUT2D eigenvalue weighted by Crippen LogP contribution is 2.29. The summed E-state index contributed by atoms with van der Waals surface area (Å²) < 4.78 is 17.3. The van der Waals surface area contributed by atoms with Crippen LogP contribution in [0.4, 0.5) is 4.39 Å². The van der Waals surface area contributed by atoms with Gasteiger partial charge in [0.05, 0.1) is 0 Å². The molecule has 0 spiro atoms. The van der Waals surface area contributed by atoms with Crippen LogP contribution >= 0.6 is 11.8 Å². The van der Waals surface area contributed by atoms with Gasteiger partial charge in [0, 0.05) is 11.5 Å². The molecule has 0 unspecified atom stereocenters. The third-order valence-electron chi connectivity index (χ3n) is 3.56. The summed E-state index contributed by atoms with van der Waals surface area (Å²) in [6.45, 7) is 4.23. The van der Waals surface area contributed by atoms with Crippen molar-refractivity contribution in [3.8, 4) is 5.75 Å². The lowest BCUT2D eigenvalue weighted by molar-refractivity contribution is 0.273. The summed E-state index contributed by atoms with van der Waals surface area (Å²) in [7, 11) is 0. The first-order valence-corrected chi connectivity index (χ1v) is 8.68. The van der Waals surface area contributed by atoms with Crippen molar-refractivity contribution in [2.75, 3.05) is 19.0 Å². The maximum atomic E-state index is 12.0. The first kappa shape index (κ1) is 16.9. The van der Waals surface area contributed by atoms with Crippen molar-refractivity contribution in [3.05, 3.63) is 65.7 Å². The van der Waals surface area contributed by atoms with E-state index >= 15 is 0 Å². The fraction of sp³-hybridized carbons (Fsp3) is 0.368. The average molecular weight is 318 g/mol. The van der Waals surface area contributed by atoms with E-state index in [4.69, 9.17) is 4.74 Å². The molecule has 3 heteroatoms. The molecule has 1 nitrogen and oxygen atoms in total. The Morgan fingerprint density at radius 2 is 1.68 bits per heavy atom. The smallest absolute Gasteiger partial charge is 0.123 e. The molecular formula is C19H23FOS. The molecule has 0 amide bonds. The summed E-state index contributed by atoms with van der Waals surface area (Å²) in [6.07, 6.45) is 0. The molecule has 0 saturated carbocycles. The second kappa shape index (κ2) is 8.23. The molecule has 2 aromatic carbocycles. The maximum Gasteiger partial charge on any atom is 0.123 e. The first-order chi connectivity index (χ1) is 10.6. The Labute approximate surface area is 136 Å². The molecule has 0 bridgehead atoms. The lowest BCUT2D eigenvalue weighted by Crippen LogP contribution is -2.20. The normalized spacial score (nSPS) is 11.4. The second-order valence-corrected chi connectivity index (χ2v) is 6.91. The minimum atomic E-state index is -0.452. The van der Waals surface area contributed by atoms with Crippen molar-refractivity contribution in [3.63, 3.8) is 0 Å². The Balaban J connectivity index is 1.83. The fourth-order valence-electron chi connectivity index (χ4n) is 2.24. The molecule has 0 radical (unpaired) electrons. The van der Waals surface area contributed by atoms with E-state index in [1.165, 1.54) is 11.1 Å². The van der Waals surface area contributed by atoms with E-state index in [1.54, 1.807) is 0 Å². The molecule has 2 aromatic rings. The summed E-state index contributed by atoms with van der Waals surface area (Å²) in [5, 5.41) is 0. The highest BCUT2D eigenvalue weighted by atomic mass is 32.2. The van der Waals surface area contributed by atoms with E-state index in [2.05, 4.69) is 56.3 Å². The van der Waals surface area contributed by atoms with Gasteiger partial charge >= 0.3 is 0 Å². The molecule has 0 aromatic heterocycles. The van der Waals surface area contributed by atoms with Crippen LogP contribution in [0.3, 0.4) is 0 Å². The first-order valence-electron chi connectivity index (χ1n) is 7.53. The fourth-order valence-corrected chi connectivity index (χ4v) is 3.44. The van der Waals surface area contributed by atoms with Crippen molar-refractivity contribution in [2.24, 2.45) is 0 Å². The van der Waals surface area contributed by atoms with Crippen LogP contribution in [0.1, 0.15) is 25.0 Å². The van der Waals surface area contributed by atoms with Crippen LogP contribution in [0.25, 0.3) is 0 Å². The monoisotopic (exact) mass is 318 g/mol. The lowest BCUT2D eigenvalue weighted by atomic mass is 9.87. The van der Waals surface area contributed by atoms with Crippen molar-refractivity contribution >= 4 is 11.8 Å². The van der Waals surface area contributed by atoms with Crippen molar-refractivity contribution in [1.29, 1.82) is 0 Å². The van der Waals surface area contributed by atoms with E-state index in [9.17, 15) is 4.39 Å². The van der Waals surface area contributed by atoms with Gasteiger partial charge in [0.15, 0.2) is 0 Å². The summed E-state index contributed by atoms with van der Waals surface area (Å²) >= 11 is 1.93. The third-order valence-corrected chi connectivity index (χ3v) is 5.02. The van der Waals surface area contributed by atoms with Gasteiger partial charge in [-0.3, -0.25) is 0 Å². The zero-order valence-corrected chi connectivity index (χ0v) is 14.0. The van der Waals surface area contributed by atoms with E-state index in [-0.39, 0.29) is 12.0 Å². The number of rotatable bonds is 8. The predicted octanol–water partition coefficient (Wildman–Crippen LogP) is 5.25. The average Bonchev–Trinajstić information content (AvgIpc) is 2.55. The predicted molar refractivity (Wildman–Crippen MR) is 93.5 cm³/mol. The van der Waals surface area contributed by atoms with Crippen LogP contribution in [0, 0.1) is 0 Å². The van der Waals surface area contributed by atoms with Gasteiger partial charge in [0.25, 0.3) is 0 Å². The second-order valence-electron chi connectivity index (χ2n) is 5.92. The van der Waals surface area contributed by atoms with Gasteiger partial charge in [-0.05, 0) is 28.7 Å². The Bertz CT molecular complexity index is 551. The zero-order chi connectivity index (χ0) is 15.8. The number of alkyl halides is 1. The van der Waals surface area contributed by atoms with Gasteiger partial charge in [0.2, 0.25) is 0 Å². The van der Waals surface area contributed by atoms with Crippen molar-refractivity contribution in [2.45, 2.75) is 25.0 Å². The van der Waals surface area contributed by atoms with Crippen LogP contribution in [0.2, 0.25) is 0 Å². The van der Waals surface area contributed by atoms with E-state index < -0.39 is 6.67 Å². The van der Waals surface area contributed by atoms with Crippen LogP contribution in [0.15, 0.2) is 54.6 Å². The Kier molecular flexibility index (Phi) is 6.32. The van der Waals surface area contributed by atoms with Crippen LogP contribution in [-0.4, -0.2) is 19.0 Å². The van der Waals surface area contributed by atoms with Gasteiger partial charge < -0.3 is 4.74 Å². The molecule has 0 aliphatic rings. The molecule has 0 aliphatic heterocycles. The Morgan fingerprint density at radius 1 is 1.00 bits per heavy atom. The van der Waals surface area contributed by atoms with Crippen LogP contribution < -0.4 is 4.74 Å². The van der Waals surface area contributed by atoms with Gasteiger partial charge in [-0.15, -0.1) is 0 Å². The molecule has 0 fully saturated rings. The molecular weight excluding hydrogens is 295 g/mol. The van der Waals surface area contributed by atoms with E-state index in [0.717, 1.165) is 17.3 Å². The number of benzene rings is 2. The zero-order valence-electron chi connectivity index (χ0n) is 13.2.